The van der Waals surface area contributed by atoms with Gasteiger partial charge in [-0.05, 0) is 36.6 Å². The first kappa shape index (κ1) is 12.6. The molecule has 0 aliphatic heterocycles. The third kappa shape index (κ3) is 2.87. The van der Waals surface area contributed by atoms with E-state index in [4.69, 9.17) is 10.5 Å². The quantitative estimate of drug-likeness (QED) is 0.891. The van der Waals surface area contributed by atoms with Crippen LogP contribution >= 0.6 is 0 Å². The Kier molecular flexibility index (Phi) is 3.95. The van der Waals surface area contributed by atoms with Crippen LogP contribution in [0.2, 0.25) is 0 Å². The van der Waals surface area contributed by atoms with Crippen molar-refractivity contribution >= 4 is 0 Å². The highest BCUT2D eigenvalue weighted by molar-refractivity contribution is 5.33. The van der Waals surface area contributed by atoms with Crippen LogP contribution in [0.25, 0.3) is 0 Å². The molecular weight excluding hydrogens is 224 g/mol. The fraction of sp³-hybridized carbons (Fsp3) is 0.267. The summed E-state index contributed by atoms with van der Waals surface area (Å²) in [5.74, 6) is 1.39. The zero-order valence-corrected chi connectivity index (χ0v) is 10.8. The van der Waals surface area contributed by atoms with E-state index < -0.39 is 0 Å². The molecule has 0 saturated heterocycles. The Morgan fingerprint density at radius 2 is 2.00 bits per heavy atom. The average molecular weight is 242 g/mol. The Balaban J connectivity index is 2.19. The zero-order valence-electron chi connectivity index (χ0n) is 10.8. The smallest absolute Gasteiger partial charge is 0.219 e. The van der Waals surface area contributed by atoms with Crippen LogP contribution in [0.5, 0.6) is 11.6 Å². The van der Waals surface area contributed by atoms with E-state index in [1.165, 1.54) is 0 Å². The predicted molar refractivity (Wildman–Crippen MR) is 72.7 cm³/mol. The van der Waals surface area contributed by atoms with E-state index >= 15 is 0 Å². The standard InChI is InChI=1S/C15H18N2O/c1-3-14(16)13-10-17-15(9-11(13)2)18-12-7-5-4-6-8-12/h4-10,14H,3,16H2,1-2H3. The second-order valence-corrected chi connectivity index (χ2v) is 4.31. The molecule has 0 fully saturated rings. The minimum Gasteiger partial charge on any atom is -0.439 e. The number of hydrogen-bond acceptors (Lipinski definition) is 3. The molecule has 0 saturated carbocycles. The molecule has 1 aromatic carbocycles. The topological polar surface area (TPSA) is 48.1 Å². The minimum absolute atomic E-state index is 0.0447. The van der Waals surface area contributed by atoms with Crippen LogP contribution in [0.3, 0.4) is 0 Å². The van der Waals surface area contributed by atoms with Gasteiger partial charge < -0.3 is 10.5 Å². The molecule has 0 bridgehead atoms. The molecule has 0 radical (unpaired) electrons. The predicted octanol–water partition coefficient (Wildman–Crippen LogP) is 3.59. The van der Waals surface area contributed by atoms with Crippen LogP contribution in [-0.2, 0) is 0 Å². The average Bonchev–Trinajstić information content (AvgIpc) is 2.39. The number of para-hydroxylation sites is 1. The lowest BCUT2D eigenvalue weighted by Gasteiger charge is -2.13. The molecule has 1 unspecified atom stereocenters. The molecule has 94 valence electrons. The Labute approximate surface area is 108 Å². The number of benzene rings is 1. The molecule has 2 rings (SSSR count). The van der Waals surface area contributed by atoms with Gasteiger partial charge in [0.1, 0.15) is 5.75 Å². The van der Waals surface area contributed by atoms with Gasteiger partial charge in [0.2, 0.25) is 5.88 Å². The number of aryl methyl sites for hydroxylation is 1. The van der Waals surface area contributed by atoms with Crippen LogP contribution in [0, 0.1) is 6.92 Å². The first-order valence-electron chi connectivity index (χ1n) is 6.15. The Bertz CT molecular complexity index is 511. The second-order valence-electron chi connectivity index (χ2n) is 4.31. The molecule has 1 atom stereocenters. The highest BCUT2D eigenvalue weighted by atomic mass is 16.5. The van der Waals surface area contributed by atoms with Crippen molar-refractivity contribution in [2.24, 2.45) is 5.73 Å². The molecule has 3 nitrogen and oxygen atoms in total. The van der Waals surface area contributed by atoms with E-state index in [0.717, 1.165) is 23.3 Å². The lowest BCUT2D eigenvalue weighted by molar-refractivity contribution is 0.461. The van der Waals surface area contributed by atoms with Gasteiger partial charge in [0.05, 0.1) is 0 Å². The highest BCUT2D eigenvalue weighted by Crippen LogP contribution is 2.24. The summed E-state index contributed by atoms with van der Waals surface area (Å²) in [5.41, 5.74) is 8.21. The molecule has 0 aliphatic carbocycles. The summed E-state index contributed by atoms with van der Waals surface area (Å²) < 4.78 is 5.68. The number of hydrogen-bond donors (Lipinski definition) is 1. The van der Waals surface area contributed by atoms with Gasteiger partial charge in [0.15, 0.2) is 0 Å². The summed E-state index contributed by atoms with van der Waals surface area (Å²) in [6.45, 7) is 4.10. The van der Waals surface area contributed by atoms with Crippen molar-refractivity contribution in [1.29, 1.82) is 0 Å². The van der Waals surface area contributed by atoms with Crippen molar-refractivity contribution in [3.8, 4) is 11.6 Å². The lowest BCUT2D eigenvalue weighted by Crippen LogP contribution is -2.10. The normalized spacial score (nSPS) is 12.2. The van der Waals surface area contributed by atoms with Crippen LogP contribution in [-0.4, -0.2) is 4.98 Å². The maximum Gasteiger partial charge on any atom is 0.219 e. The number of aromatic nitrogens is 1. The fourth-order valence-corrected chi connectivity index (χ4v) is 1.81. The summed E-state index contributed by atoms with van der Waals surface area (Å²) >= 11 is 0. The Hall–Kier alpha value is -1.87. The fourth-order valence-electron chi connectivity index (χ4n) is 1.81. The maximum absolute atomic E-state index is 6.02. The van der Waals surface area contributed by atoms with Gasteiger partial charge >= 0.3 is 0 Å². The molecule has 3 heteroatoms. The van der Waals surface area contributed by atoms with E-state index in [0.29, 0.717) is 5.88 Å². The number of nitrogens with two attached hydrogens (primary N) is 1. The molecule has 18 heavy (non-hydrogen) atoms. The molecule has 0 aliphatic rings. The lowest BCUT2D eigenvalue weighted by atomic mass is 10.0. The van der Waals surface area contributed by atoms with Crippen LogP contribution in [0.4, 0.5) is 0 Å². The van der Waals surface area contributed by atoms with Crippen molar-refractivity contribution < 1.29 is 4.74 Å². The number of ether oxygens (including phenoxy) is 1. The minimum atomic E-state index is 0.0447. The Morgan fingerprint density at radius 3 is 2.61 bits per heavy atom. The SMILES string of the molecule is CCC(N)c1cnc(Oc2ccccc2)cc1C. The number of rotatable bonds is 4. The summed E-state index contributed by atoms with van der Waals surface area (Å²) in [7, 11) is 0. The monoisotopic (exact) mass is 242 g/mol. The van der Waals surface area contributed by atoms with Crippen LogP contribution in [0.1, 0.15) is 30.5 Å². The van der Waals surface area contributed by atoms with Gasteiger partial charge in [0.25, 0.3) is 0 Å². The van der Waals surface area contributed by atoms with Crippen molar-refractivity contribution in [3.05, 3.63) is 53.7 Å². The zero-order chi connectivity index (χ0) is 13.0. The van der Waals surface area contributed by atoms with Crippen molar-refractivity contribution in [3.63, 3.8) is 0 Å². The number of nitrogens with zero attached hydrogens (tertiary/aromatic N) is 1. The molecule has 0 amide bonds. The van der Waals surface area contributed by atoms with Gasteiger partial charge in [0, 0.05) is 18.3 Å². The van der Waals surface area contributed by atoms with Crippen LogP contribution in [0.15, 0.2) is 42.6 Å². The Morgan fingerprint density at radius 1 is 1.28 bits per heavy atom. The van der Waals surface area contributed by atoms with Gasteiger partial charge in [-0.2, -0.15) is 0 Å². The second kappa shape index (κ2) is 5.65. The summed E-state index contributed by atoms with van der Waals surface area (Å²) in [6, 6.07) is 11.6. The molecule has 2 N–H and O–H groups in total. The van der Waals surface area contributed by atoms with Crippen molar-refractivity contribution in [1.82, 2.24) is 4.98 Å². The summed E-state index contributed by atoms with van der Waals surface area (Å²) in [5, 5.41) is 0. The van der Waals surface area contributed by atoms with E-state index in [2.05, 4.69) is 11.9 Å². The molecular formula is C15H18N2O. The van der Waals surface area contributed by atoms with Gasteiger partial charge in [-0.1, -0.05) is 25.1 Å². The summed E-state index contributed by atoms with van der Waals surface area (Å²) in [4.78, 5) is 4.30. The van der Waals surface area contributed by atoms with Crippen molar-refractivity contribution in [2.75, 3.05) is 0 Å². The van der Waals surface area contributed by atoms with E-state index in [1.807, 2.05) is 49.5 Å². The molecule has 0 spiro atoms. The van der Waals surface area contributed by atoms with Gasteiger partial charge in [-0.3, -0.25) is 0 Å². The van der Waals surface area contributed by atoms with Gasteiger partial charge in [-0.15, -0.1) is 0 Å². The van der Waals surface area contributed by atoms with Crippen molar-refractivity contribution in [2.45, 2.75) is 26.3 Å². The third-order valence-corrected chi connectivity index (χ3v) is 2.93. The van der Waals surface area contributed by atoms with Gasteiger partial charge in [-0.25, -0.2) is 4.98 Å². The maximum atomic E-state index is 6.02. The van der Waals surface area contributed by atoms with E-state index in [9.17, 15) is 0 Å². The van der Waals surface area contributed by atoms with Crippen LogP contribution < -0.4 is 10.5 Å². The molecule has 1 aromatic heterocycles. The molecule has 1 heterocycles. The summed E-state index contributed by atoms with van der Waals surface area (Å²) in [6.07, 6.45) is 2.71. The largest absolute Gasteiger partial charge is 0.439 e. The number of pyridine rings is 1. The third-order valence-electron chi connectivity index (χ3n) is 2.93. The van der Waals surface area contributed by atoms with E-state index in [-0.39, 0.29) is 6.04 Å². The first-order chi connectivity index (χ1) is 8.70. The first-order valence-corrected chi connectivity index (χ1v) is 6.15. The highest BCUT2D eigenvalue weighted by Gasteiger charge is 2.09. The van der Waals surface area contributed by atoms with E-state index in [1.54, 1.807) is 0 Å². The molecule has 2 aromatic rings.